The number of rotatable bonds is 7. The summed E-state index contributed by atoms with van der Waals surface area (Å²) >= 11 is 12.0. The van der Waals surface area contributed by atoms with Crippen molar-refractivity contribution in [1.29, 1.82) is 0 Å². The zero-order valence-electron chi connectivity index (χ0n) is 14.4. The summed E-state index contributed by atoms with van der Waals surface area (Å²) in [4.78, 5) is 16.5. The van der Waals surface area contributed by atoms with E-state index in [1.807, 2.05) is 0 Å². The fourth-order valence-electron chi connectivity index (χ4n) is 2.26. The normalized spacial score (nSPS) is 10.8. The van der Waals surface area contributed by atoms with Gasteiger partial charge in [-0.15, -0.1) is 0 Å². The summed E-state index contributed by atoms with van der Waals surface area (Å²) in [6.07, 6.45) is 1.46. The number of carbonyl (C=O) groups is 1. The van der Waals surface area contributed by atoms with Gasteiger partial charge in [-0.25, -0.2) is 0 Å². The number of phenols is 1. The van der Waals surface area contributed by atoms with E-state index < -0.39 is 0 Å². The number of carbonyl (C=O) groups excluding carboxylic acids is 1. The summed E-state index contributed by atoms with van der Waals surface area (Å²) in [5.74, 6) is 0.235. The smallest absolute Gasteiger partial charge is 0.200 e. The predicted octanol–water partition coefficient (Wildman–Crippen LogP) is 4.03. The van der Waals surface area contributed by atoms with Crippen molar-refractivity contribution in [1.82, 2.24) is 0 Å². The highest BCUT2D eigenvalue weighted by Gasteiger charge is 2.15. The van der Waals surface area contributed by atoms with Crippen LogP contribution in [0.3, 0.4) is 0 Å². The van der Waals surface area contributed by atoms with Gasteiger partial charge in [-0.3, -0.25) is 9.79 Å². The SMILES string of the molecule is COc1cc(C(=O)CN=Cc2cc(Cl)cc(Cl)c2OC)cc(OC)c1O. The maximum absolute atomic E-state index is 12.4. The summed E-state index contributed by atoms with van der Waals surface area (Å²) in [5, 5.41) is 10.7. The molecule has 0 heterocycles. The van der Waals surface area contributed by atoms with E-state index in [0.29, 0.717) is 26.9 Å². The molecule has 138 valence electrons. The molecule has 0 aliphatic heterocycles. The highest BCUT2D eigenvalue weighted by Crippen LogP contribution is 2.37. The van der Waals surface area contributed by atoms with Crippen molar-refractivity contribution in [2.24, 2.45) is 4.99 Å². The number of nitrogens with zero attached hydrogens (tertiary/aromatic N) is 1. The molecule has 26 heavy (non-hydrogen) atoms. The molecule has 0 unspecified atom stereocenters. The first-order valence-corrected chi connectivity index (χ1v) is 8.17. The van der Waals surface area contributed by atoms with E-state index in [9.17, 15) is 9.90 Å². The first-order valence-electron chi connectivity index (χ1n) is 7.42. The molecule has 0 saturated heterocycles. The number of Topliss-reactive ketones (excluding diaryl/α,β-unsaturated/α-hetero) is 1. The summed E-state index contributed by atoms with van der Waals surface area (Å²) in [7, 11) is 4.25. The number of phenolic OH excluding ortho intramolecular Hbond substituents is 1. The van der Waals surface area contributed by atoms with E-state index >= 15 is 0 Å². The highest BCUT2D eigenvalue weighted by atomic mass is 35.5. The van der Waals surface area contributed by atoms with Crippen LogP contribution >= 0.6 is 23.2 Å². The lowest BCUT2D eigenvalue weighted by Crippen LogP contribution is -2.05. The van der Waals surface area contributed by atoms with E-state index in [0.717, 1.165) is 0 Å². The Morgan fingerprint density at radius 2 is 1.69 bits per heavy atom. The average Bonchev–Trinajstić information content (AvgIpc) is 2.61. The van der Waals surface area contributed by atoms with Gasteiger partial charge in [0.1, 0.15) is 12.3 Å². The highest BCUT2D eigenvalue weighted by molar-refractivity contribution is 6.36. The Morgan fingerprint density at radius 3 is 2.23 bits per heavy atom. The van der Waals surface area contributed by atoms with Crippen molar-refractivity contribution in [2.75, 3.05) is 27.9 Å². The Hall–Kier alpha value is -2.44. The standard InChI is InChI=1S/C18H17Cl2NO5/c1-24-15-5-10(6-16(25-2)17(15)23)14(22)9-21-8-11-4-12(19)7-13(20)18(11)26-3/h4-8,23H,9H2,1-3H3. The molecule has 0 saturated carbocycles. The van der Waals surface area contributed by atoms with Crippen molar-refractivity contribution in [3.63, 3.8) is 0 Å². The lowest BCUT2D eigenvalue weighted by atomic mass is 10.1. The van der Waals surface area contributed by atoms with E-state index in [1.165, 1.54) is 39.7 Å². The quantitative estimate of drug-likeness (QED) is 0.563. The van der Waals surface area contributed by atoms with Crippen molar-refractivity contribution in [3.05, 3.63) is 45.4 Å². The number of ketones is 1. The molecular formula is C18H17Cl2NO5. The number of methoxy groups -OCH3 is 3. The Morgan fingerprint density at radius 1 is 1.08 bits per heavy atom. The topological polar surface area (TPSA) is 77.4 Å². The number of aromatic hydroxyl groups is 1. The van der Waals surface area contributed by atoms with E-state index in [4.69, 9.17) is 37.4 Å². The van der Waals surface area contributed by atoms with Crippen molar-refractivity contribution in [3.8, 4) is 23.0 Å². The molecule has 0 aliphatic rings. The number of aliphatic imine (C=N–C) groups is 1. The fourth-order valence-corrected chi connectivity index (χ4v) is 2.85. The minimum Gasteiger partial charge on any atom is -0.502 e. The van der Waals surface area contributed by atoms with Gasteiger partial charge in [0.15, 0.2) is 17.3 Å². The van der Waals surface area contributed by atoms with Crippen LogP contribution in [0.15, 0.2) is 29.3 Å². The van der Waals surface area contributed by atoms with Gasteiger partial charge < -0.3 is 19.3 Å². The van der Waals surface area contributed by atoms with Crippen LogP contribution in [0.4, 0.5) is 0 Å². The maximum Gasteiger partial charge on any atom is 0.200 e. The third kappa shape index (κ3) is 4.39. The van der Waals surface area contributed by atoms with Gasteiger partial charge in [0.2, 0.25) is 5.75 Å². The van der Waals surface area contributed by atoms with Gasteiger partial charge in [-0.2, -0.15) is 0 Å². The molecule has 1 N–H and O–H groups in total. The minimum absolute atomic E-state index is 0.135. The van der Waals surface area contributed by atoms with Crippen LogP contribution in [0, 0.1) is 0 Å². The Kier molecular flexibility index (Phi) is 6.71. The Balaban J connectivity index is 2.23. The summed E-state index contributed by atoms with van der Waals surface area (Å²) in [6, 6.07) is 6.03. The Labute approximate surface area is 160 Å². The largest absolute Gasteiger partial charge is 0.502 e. The van der Waals surface area contributed by atoms with Gasteiger partial charge in [0, 0.05) is 22.4 Å². The van der Waals surface area contributed by atoms with E-state index in [2.05, 4.69) is 4.99 Å². The van der Waals surface area contributed by atoms with Crippen LogP contribution in [0.25, 0.3) is 0 Å². The van der Waals surface area contributed by atoms with Crippen LogP contribution in [0.1, 0.15) is 15.9 Å². The van der Waals surface area contributed by atoms with Gasteiger partial charge in [0.25, 0.3) is 0 Å². The molecule has 0 aliphatic carbocycles. The fraction of sp³-hybridized carbons (Fsp3) is 0.222. The summed E-state index contributed by atoms with van der Waals surface area (Å²) in [5.41, 5.74) is 0.850. The van der Waals surface area contributed by atoms with Crippen LogP contribution < -0.4 is 14.2 Å². The Bertz CT molecular complexity index is 827. The summed E-state index contributed by atoms with van der Waals surface area (Å²) < 4.78 is 15.3. The van der Waals surface area contributed by atoms with Crippen LogP contribution in [-0.2, 0) is 0 Å². The molecular weight excluding hydrogens is 381 g/mol. The second-order valence-electron chi connectivity index (χ2n) is 5.13. The minimum atomic E-state index is -0.287. The molecule has 0 fully saturated rings. The number of benzene rings is 2. The van der Waals surface area contributed by atoms with Gasteiger partial charge in [-0.1, -0.05) is 23.2 Å². The molecule has 0 radical (unpaired) electrons. The van der Waals surface area contributed by atoms with Crippen LogP contribution in [-0.4, -0.2) is 45.0 Å². The predicted molar refractivity (Wildman–Crippen MR) is 101 cm³/mol. The van der Waals surface area contributed by atoms with Gasteiger partial charge in [0.05, 0.1) is 26.4 Å². The van der Waals surface area contributed by atoms with Gasteiger partial charge >= 0.3 is 0 Å². The number of hydrogen-bond donors (Lipinski definition) is 1. The second-order valence-corrected chi connectivity index (χ2v) is 5.98. The molecule has 8 heteroatoms. The molecule has 2 rings (SSSR count). The molecule has 0 atom stereocenters. The van der Waals surface area contributed by atoms with E-state index in [-0.39, 0.29) is 29.6 Å². The number of hydrogen-bond acceptors (Lipinski definition) is 6. The lowest BCUT2D eigenvalue weighted by molar-refractivity contribution is 0.100. The second kappa shape index (κ2) is 8.78. The molecule has 0 aromatic heterocycles. The zero-order valence-corrected chi connectivity index (χ0v) is 15.9. The third-order valence-corrected chi connectivity index (χ3v) is 4.01. The summed E-state index contributed by atoms with van der Waals surface area (Å²) in [6.45, 7) is -0.135. The molecule has 0 spiro atoms. The molecule has 2 aromatic rings. The van der Waals surface area contributed by atoms with E-state index in [1.54, 1.807) is 12.1 Å². The molecule has 2 aromatic carbocycles. The maximum atomic E-state index is 12.4. The average molecular weight is 398 g/mol. The zero-order chi connectivity index (χ0) is 19.3. The van der Waals surface area contributed by atoms with Crippen molar-refractivity contribution in [2.45, 2.75) is 0 Å². The molecule has 0 bridgehead atoms. The van der Waals surface area contributed by atoms with Crippen molar-refractivity contribution < 1.29 is 24.1 Å². The van der Waals surface area contributed by atoms with Crippen LogP contribution in [0.2, 0.25) is 10.0 Å². The number of ether oxygens (including phenoxy) is 3. The monoisotopic (exact) mass is 397 g/mol. The molecule has 6 nitrogen and oxygen atoms in total. The lowest BCUT2D eigenvalue weighted by Gasteiger charge is -2.10. The third-order valence-electron chi connectivity index (χ3n) is 3.51. The van der Waals surface area contributed by atoms with Gasteiger partial charge in [-0.05, 0) is 24.3 Å². The first kappa shape index (κ1) is 19.9. The number of halogens is 2. The first-order chi connectivity index (χ1) is 12.4. The van der Waals surface area contributed by atoms with Crippen LogP contribution in [0.5, 0.6) is 23.0 Å². The molecule has 0 amide bonds. The van der Waals surface area contributed by atoms with Crippen molar-refractivity contribution >= 4 is 35.2 Å².